The van der Waals surface area contributed by atoms with E-state index in [0.717, 1.165) is 24.8 Å². The van der Waals surface area contributed by atoms with E-state index in [9.17, 15) is 13.2 Å². The largest absolute Gasteiger partial charge is 0.349 e. The maximum Gasteiger partial charge on any atom is 0.244 e. The van der Waals surface area contributed by atoms with E-state index in [1.54, 1.807) is 12.1 Å². The van der Waals surface area contributed by atoms with Gasteiger partial charge >= 0.3 is 0 Å². The van der Waals surface area contributed by atoms with Crippen molar-refractivity contribution in [2.24, 2.45) is 5.92 Å². The van der Waals surface area contributed by atoms with Gasteiger partial charge in [0.2, 0.25) is 15.9 Å². The Morgan fingerprint density at radius 2 is 1.77 bits per heavy atom. The zero-order chi connectivity index (χ0) is 22.4. The topological polar surface area (TPSA) is 79.4 Å². The molecule has 1 aliphatic rings. The van der Waals surface area contributed by atoms with Crippen LogP contribution in [0.3, 0.4) is 0 Å². The Kier molecular flexibility index (Phi) is 8.13. The van der Waals surface area contributed by atoms with Crippen molar-refractivity contribution in [2.75, 3.05) is 18.8 Å². The molecule has 31 heavy (non-hydrogen) atoms. The van der Waals surface area contributed by atoms with Crippen molar-refractivity contribution in [1.29, 1.82) is 0 Å². The highest BCUT2D eigenvalue weighted by atomic mass is 32.2. The molecule has 1 aliphatic heterocycles. The summed E-state index contributed by atoms with van der Waals surface area (Å²) in [7, 11) is -3.46. The first-order chi connectivity index (χ1) is 14.8. The third kappa shape index (κ3) is 6.54. The van der Waals surface area contributed by atoms with Crippen molar-refractivity contribution in [1.82, 2.24) is 14.6 Å². The minimum atomic E-state index is -3.46. The minimum absolute atomic E-state index is 0.0814. The van der Waals surface area contributed by atoms with E-state index in [2.05, 4.69) is 48.4 Å². The number of sulfonamides is 1. The average molecular weight is 462 g/mol. The number of carbonyl (C=O) groups is 1. The van der Waals surface area contributed by atoms with E-state index in [0.29, 0.717) is 24.0 Å². The maximum absolute atomic E-state index is 12.6. The zero-order valence-electron chi connectivity index (χ0n) is 18.4. The lowest BCUT2D eigenvalue weighted by molar-refractivity contribution is -0.119. The molecule has 1 unspecified atom stereocenters. The first kappa shape index (κ1) is 23.8. The molecule has 0 radical (unpaired) electrons. The molecule has 6 nitrogen and oxygen atoms in total. The Labute approximate surface area is 189 Å². The van der Waals surface area contributed by atoms with E-state index in [1.165, 1.54) is 27.8 Å². The monoisotopic (exact) mass is 461 g/mol. The minimum Gasteiger partial charge on any atom is -0.349 e. The number of hydrogen-bond donors (Lipinski definition) is 1. The maximum atomic E-state index is 12.6. The molecule has 1 atom stereocenters. The molecule has 1 saturated heterocycles. The van der Waals surface area contributed by atoms with Crippen LogP contribution in [0.25, 0.3) is 0 Å². The Morgan fingerprint density at radius 3 is 2.35 bits per heavy atom. The van der Waals surface area contributed by atoms with Gasteiger partial charge in [-0.3, -0.25) is 4.79 Å². The molecule has 1 aromatic carbocycles. The Hall–Kier alpha value is -1.90. The molecule has 0 aliphatic carbocycles. The highest BCUT2D eigenvalue weighted by Gasteiger charge is 2.27. The van der Waals surface area contributed by atoms with Gasteiger partial charge < -0.3 is 5.32 Å². The number of carbonyl (C=O) groups excluding carboxylic acids is 1. The predicted octanol–water partition coefficient (Wildman–Crippen LogP) is 4.03. The molecule has 2 heterocycles. The van der Waals surface area contributed by atoms with Gasteiger partial charge in [-0.25, -0.2) is 13.4 Å². The third-order valence-corrected chi connectivity index (χ3v) is 8.09. The van der Waals surface area contributed by atoms with Crippen LogP contribution in [0.5, 0.6) is 0 Å². The summed E-state index contributed by atoms with van der Waals surface area (Å²) in [5.74, 6) is 0.753. The van der Waals surface area contributed by atoms with Crippen LogP contribution in [0, 0.1) is 5.92 Å². The number of benzene rings is 1. The summed E-state index contributed by atoms with van der Waals surface area (Å²) in [6, 6.07) is 11.5. The molecule has 2 aromatic rings. The number of nitrogens with zero attached hydrogens (tertiary/aromatic N) is 2. The van der Waals surface area contributed by atoms with Gasteiger partial charge in [0.05, 0.1) is 16.8 Å². The van der Waals surface area contributed by atoms with Crippen LogP contribution in [0.1, 0.15) is 50.8 Å². The van der Waals surface area contributed by atoms with Gasteiger partial charge in [-0.15, -0.1) is 0 Å². The van der Waals surface area contributed by atoms with E-state index in [1.807, 2.05) is 6.92 Å². The Bertz CT molecular complexity index is 968. The van der Waals surface area contributed by atoms with Crippen molar-refractivity contribution in [3.8, 4) is 0 Å². The van der Waals surface area contributed by atoms with Crippen LogP contribution in [0.15, 0.2) is 52.5 Å². The van der Waals surface area contributed by atoms with Crippen molar-refractivity contribution in [3.63, 3.8) is 0 Å². The average Bonchev–Trinajstić information content (AvgIpc) is 3.28. The van der Waals surface area contributed by atoms with Crippen LogP contribution in [0.2, 0.25) is 0 Å². The predicted molar refractivity (Wildman–Crippen MR) is 124 cm³/mol. The fourth-order valence-corrected chi connectivity index (χ4v) is 5.72. The summed E-state index contributed by atoms with van der Waals surface area (Å²) in [6.07, 6.45) is 4.23. The second-order valence-corrected chi connectivity index (χ2v) is 11.3. The van der Waals surface area contributed by atoms with Crippen LogP contribution in [0.4, 0.5) is 0 Å². The zero-order valence-corrected chi connectivity index (χ0v) is 20.0. The molecule has 0 bridgehead atoms. The fraction of sp³-hybridized carbons (Fsp3) is 0.478. The molecule has 3 rings (SSSR count). The second kappa shape index (κ2) is 10.6. The molecule has 0 spiro atoms. The van der Waals surface area contributed by atoms with Gasteiger partial charge in [0, 0.05) is 19.3 Å². The molecular weight excluding hydrogens is 430 g/mol. The molecule has 1 amide bonds. The first-order valence-electron chi connectivity index (χ1n) is 10.7. The van der Waals surface area contributed by atoms with Crippen molar-refractivity contribution in [3.05, 3.63) is 53.7 Å². The molecule has 1 aromatic heterocycles. The van der Waals surface area contributed by atoms with Crippen molar-refractivity contribution in [2.45, 2.75) is 56.0 Å². The SMILES string of the molecule is CC(C)Cc1ccc(C(C)NC(=O)CSc2ccc(S(=O)(=O)N3CCCC3)cn2)cc1. The van der Waals surface area contributed by atoms with Gasteiger partial charge in [-0.2, -0.15) is 4.31 Å². The number of nitrogens with one attached hydrogen (secondary N) is 1. The number of pyridine rings is 1. The van der Waals surface area contributed by atoms with E-state index in [-0.39, 0.29) is 22.6 Å². The highest BCUT2D eigenvalue weighted by Crippen LogP contribution is 2.23. The normalized spacial score (nSPS) is 15.9. The second-order valence-electron chi connectivity index (χ2n) is 8.36. The fourth-order valence-electron chi connectivity index (χ4n) is 3.60. The third-order valence-electron chi connectivity index (χ3n) is 5.26. The molecule has 1 N–H and O–H groups in total. The van der Waals surface area contributed by atoms with E-state index >= 15 is 0 Å². The smallest absolute Gasteiger partial charge is 0.244 e. The van der Waals surface area contributed by atoms with Crippen molar-refractivity contribution >= 4 is 27.7 Å². The standard InChI is InChI=1S/C23H31N3O3S2/c1-17(2)14-19-6-8-20(9-7-19)18(3)25-22(27)16-30-23-11-10-21(15-24-23)31(28,29)26-12-4-5-13-26/h6-11,15,17-18H,4-5,12-14,16H2,1-3H3,(H,25,27). The van der Waals surface area contributed by atoms with E-state index in [4.69, 9.17) is 0 Å². The number of aromatic nitrogens is 1. The number of hydrogen-bond acceptors (Lipinski definition) is 5. The first-order valence-corrected chi connectivity index (χ1v) is 13.2. The summed E-state index contributed by atoms with van der Waals surface area (Å²) in [6.45, 7) is 7.50. The summed E-state index contributed by atoms with van der Waals surface area (Å²) >= 11 is 1.29. The van der Waals surface area contributed by atoms with Gasteiger partial charge in [-0.1, -0.05) is 49.9 Å². The van der Waals surface area contributed by atoms with Gasteiger partial charge in [-0.05, 0) is 55.4 Å². The number of thioether (sulfide) groups is 1. The van der Waals surface area contributed by atoms with Gasteiger partial charge in [0.15, 0.2) is 0 Å². The lowest BCUT2D eigenvalue weighted by Crippen LogP contribution is -2.28. The Morgan fingerprint density at radius 1 is 1.10 bits per heavy atom. The molecule has 168 valence electrons. The van der Waals surface area contributed by atoms with Gasteiger partial charge in [0.25, 0.3) is 0 Å². The summed E-state index contributed by atoms with van der Waals surface area (Å²) in [4.78, 5) is 16.8. The van der Waals surface area contributed by atoms with Crippen LogP contribution < -0.4 is 5.32 Å². The summed E-state index contributed by atoms with van der Waals surface area (Å²) in [5, 5.41) is 3.64. The molecule has 1 fully saturated rings. The van der Waals surface area contributed by atoms with Crippen LogP contribution in [-0.2, 0) is 21.2 Å². The Balaban J connectivity index is 1.50. The summed E-state index contributed by atoms with van der Waals surface area (Å²) in [5.41, 5.74) is 2.37. The molecular formula is C23H31N3O3S2. The van der Waals surface area contributed by atoms with E-state index < -0.39 is 10.0 Å². The highest BCUT2D eigenvalue weighted by molar-refractivity contribution is 7.99. The number of rotatable bonds is 9. The lowest BCUT2D eigenvalue weighted by Gasteiger charge is -2.16. The number of amides is 1. The summed E-state index contributed by atoms with van der Waals surface area (Å²) < 4.78 is 26.6. The van der Waals surface area contributed by atoms with Crippen LogP contribution >= 0.6 is 11.8 Å². The van der Waals surface area contributed by atoms with Crippen molar-refractivity contribution < 1.29 is 13.2 Å². The lowest BCUT2D eigenvalue weighted by atomic mass is 10.00. The van der Waals surface area contributed by atoms with Crippen LogP contribution in [-0.4, -0.2) is 42.5 Å². The molecule has 0 saturated carbocycles. The quantitative estimate of drug-likeness (QED) is 0.570. The van der Waals surface area contributed by atoms with Gasteiger partial charge in [0.1, 0.15) is 4.90 Å². The molecule has 8 heteroatoms.